The molecule has 0 atom stereocenters. The van der Waals surface area contributed by atoms with Crippen LogP contribution >= 0.6 is 0 Å². The topological polar surface area (TPSA) is 33.5 Å². The summed E-state index contributed by atoms with van der Waals surface area (Å²) in [7, 11) is 0. The summed E-state index contributed by atoms with van der Waals surface area (Å²) in [5.74, 6) is 2.03. The van der Waals surface area contributed by atoms with Crippen molar-refractivity contribution < 1.29 is 25.8 Å². The van der Waals surface area contributed by atoms with Crippen LogP contribution in [0.5, 0.6) is 11.5 Å². The number of fused-ring (bicyclic) bond motifs is 4. The molecule has 0 spiro atoms. The fraction of sp³-hybridized carbons (Fsp3) is 0.333. The largest absolute Gasteiger partial charge is 0.509 e. The molecule has 0 unspecified atom stereocenters. The Morgan fingerprint density at radius 1 is 0.436 bits per heavy atom. The molecule has 0 amide bonds. The molecule has 7 aromatic carbocycles. The van der Waals surface area contributed by atoms with Gasteiger partial charge in [-0.1, -0.05) is 203 Å². The Bertz CT molecular complexity index is 3660. The van der Waals surface area contributed by atoms with E-state index in [1.807, 2.05) is 18.3 Å². The van der Waals surface area contributed by atoms with Crippen LogP contribution in [0.2, 0.25) is 0 Å². The number of hydrogen-bond donors (Lipinski definition) is 0. The minimum atomic E-state index is -0.0691. The molecule has 9 aromatic rings. The molecule has 10 rings (SSSR count). The van der Waals surface area contributed by atoms with Crippen molar-refractivity contribution in [2.75, 3.05) is 9.80 Å². The third-order valence-electron chi connectivity index (χ3n) is 15.4. The van der Waals surface area contributed by atoms with Gasteiger partial charge in [0, 0.05) is 66.9 Å². The fourth-order valence-electron chi connectivity index (χ4n) is 10.4. The molecule has 3 heterocycles. The van der Waals surface area contributed by atoms with E-state index in [2.05, 4.69) is 285 Å². The van der Waals surface area contributed by atoms with E-state index >= 15 is 0 Å². The van der Waals surface area contributed by atoms with Crippen LogP contribution in [0, 0.1) is 18.8 Å². The Morgan fingerprint density at radius 2 is 0.987 bits per heavy atom. The molecular weight excluding hydrogens is 1130 g/mol. The van der Waals surface area contributed by atoms with E-state index in [9.17, 15) is 0 Å². The number of aromatic nitrogens is 2. The van der Waals surface area contributed by atoms with Gasteiger partial charge in [0.05, 0.1) is 0 Å². The van der Waals surface area contributed by atoms with Gasteiger partial charge in [-0.15, -0.1) is 48.1 Å². The Kier molecular flexibility index (Phi) is 14.5. The average Bonchev–Trinajstić information content (AvgIpc) is 4.16. The SMILES string of the molecule is CC(C)(C)c1cccc(-c2cccc3c2N(c2cc(C(C)(C)C)cc(C(C)(C)C)c2)[CH-]N3c2[c-]c(Oc3[c-]c4c(cc3)c3cc(-c5cc(C(C)(C)C)cc(C(C)(C)C)c5)ccc3n4-c3cc(C(C)(C)C)ccn3)ccc2)c1.[Pt]. The molecule has 0 radical (unpaired) electrons. The second-order valence-electron chi connectivity index (χ2n) is 27.7. The van der Waals surface area contributed by atoms with Crippen LogP contribution in [0.25, 0.3) is 49.9 Å². The smallest absolute Gasteiger partial charge is 0.135 e. The Morgan fingerprint density at radius 3 is 1.60 bits per heavy atom. The molecule has 1 aliphatic heterocycles. The van der Waals surface area contributed by atoms with Gasteiger partial charge >= 0.3 is 0 Å². The van der Waals surface area contributed by atoms with Crippen molar-refractivity contribution >= 4 is 44.6 Å². The van der Waals surface area contributed by atoms with Gasteiger partial charge in [-0.05, 0) is 124 Å². The molecule has 0 N–H and O–H groups in total. The average molecular weight is 1210 g/mol. The van der Waals surface area contributed by atoms with Crippen LogP contribution in [0.1, 0.15) is 158 Å². The van der Waals surface area contributed by atoms with Gasteiger partial charge in [0.1, 0.15) is 5.82 Å². The van der Waals surface area contributed by atoms with E-state index in [0.29, 0.717) is 11.5 Å². The summed E-state index contributed by atoms with van der Waals surface area (Å²) in [4.78, 5) is 9.68. The normalized spacial score (nSPS) is 13.6. The molecule has 6 heteroatoms. The third-order valence-corrected chi connectivity index (χ3v) is 15.4. The minimum Gasteiger partial charge on any atom is -0.509 e. The van der Waals surface area contributed by atoms with Gasteiger partial charge in [-0.3, -0.25) is 0 Å². The van der Waals surface area contributed by atoms with Crippen LogP contribution in [0.15, 0.2) is 146 Å². The summed E-state index contributed by atoms with van der Waals surface area (Å²) in [6.45, 7) is 43.5. The van der Waals surface area contributed by atoms with Crippen molar-refractivity contribution in [3.63, 3.8) is 0 Å². The van der Waals surface area contributed by atoms with Crippen LogP contribution in [0.3, 0.4) is 0 Å². The standard InChI is InChI=1S/C72H79N4O.Pt/c1-67(2,3)49-23-19-22-47(34-49)59-26-21-27-63-66(59)75(56-40-53(71(13,14)15)39-54(41-56)72(16,17)18)45-74(63)55-24-20-25-57(43-55)77-58-29-30-60-61-37-46(48-35-51(69(7,8)9)38-52(36-48)70(10,11)12)28-31-62(61)76(64(60)44-58)65-42-50(32-33-73-65)68(4,5)6;/h19-42,45H,1-18H3;/q-3;. The zero-order chi connectivity index (χ0) is 55.4. The van der Waals surface area contributed by atoms with E-state index < -0.39 is 0 Å². The van der Waals surface area contributed by atoms with Crippen LogP contribution in [-0.4, -0.2) is 9.55 Å². The van der Waals surface area contributed by atoms with Gasteiger partial charge in [-0.2, -0.15) is 12.1 Å². The molecular formula is C72H79N4OPt-3. The predicted molar refractivity (Wildman–Crippen MR) is 327 cm³/mol. The number of ether oxygens (including phenoxy) is 1. The van der Waals surface area contributed by atoms with Gasteiger partial charge < -0.3 is 19.1 Å². The quantitative estimate of drug-likeness (QED) is 0.149. The Balaban J connectivity index is 0.00000740. The molecule has 2 aromatic heterocycles. The van der Waals surface area contributed by atoms with Crippen molar-refractivity contribution in [1.29, 1.82) is 0 Å². The number of nitrogens with zero attached hydrogens (tertiary/aromatic N) is 4. The molecule has 406 valence electrons. The summed E-state index contributed by atoms with van der Waals surface area (Å²) in [6, 6.07) is 59.1. The maximum atomic E-state index is 6.88. The van der Waals surface area contributed by atoms with Crippen LogP contribution < -0.4 is 14.5 Å². The molecule has 0 aliphatic carbocycles. The summed E-state index contributed by atoms with van der Waals surface area (Å²) in [5.41, 5.74) is 18.5. The number of pyridine rings is 1. The maximum Gasteiger partial charge on any atom is 0.135 e. The molecule has 0 bridgehead atoms. The summed E-state index contributed by atoms with van der Waals surface area (Å²) in [5, 5.41) is 2.21. The van der Waals surface area contributed by atoms with Gasteiger partial charge in [0.15, 0.2) is 0 Å². The first-order valence-electron chi connectivity index (χ1n) is 27.6. The zero-order valence-electron chi connectivity index (χ0n) is 49.4. The van der Waals surface area contributed by atoms with Crippen molar-refractivity contribution in [1.82, 2.24) is 9.55 Å². The molecule has 0 saturated heterocycles. The van der Waals surface area contributed by atoms with Gasteiger partial charge in [0.25, 0.3) is 0 Å². The minimum absolute atomic E-state index is 0. The van der Waals surface area contributed by atoms with E-state index in [0.717, 1.165) is 50.4 Å². The van der Waals surface area contributed by atoms with Crippen molar-refractivity contribution in [2.24, 2.45) is 0 Å². The van der Waals surface area contributed by atoms with E-state index in [1.165, 1.54) is 55.6 Å². The number of rotatable bonds is 7. The van der Waals surface area contributed by atoms with Crippen molar-refractivity contribution in [2.45, 2.75) is 157 Å². The predicted octanol–water partition coefficient (Wildman–Crippen LogP) is 20.1. The van der Waals surface area contributed by atoms with Crippen molar-refractivity contribution in [3.8, 4) is 39.6 Å². The van der Waals surface area contributed by atoms with Crippen LogP contribution in [-0.2, 0) is 53.6 Å². The number of hydrogen-bond acceptors (Lipinski definition) is 4. The van der Waals surface area contributed by atoms with Crippen molar-refractivity contribution in [3.05, 3.63) is 198 Å². The summed E-state index contributed by atoms with van der Waals surface area (Å²) >= 11 is 0. The first-order chi connectivity index (χ1) is 35.9. The van der Waals surface area contributed by atoms with Crippen LogP contribution in [0.4, 0.5) is 22.7 Å². The maximum absolute atomic E-state index is 6.88. The molecule has 0 fully saturated rings. The second-order valence-corrected chi connectivity index (χ2v) is 27.7. The zero-order valence-corrected chi connectivity index (χ0v) is 51.7. The molecule has 1 aliphatic rings. The monoisotopic (exact) mass is 1210 g/mol. The Hall–Kier alpha value is -6.42. The summed E-state index contributed by atoms with van der Waals surface area (Å²) in [6.07, 6.45) is 1.93. The number of benzene rings is 7. The summed E-state index contributed by atoms with van der Waals surface area (Å²) < 4.78 is 9.13. The van der Waals surface area contributed by atoms with Gasteiger partial charge in [0.2, 0.25) is 0 Å². The first-order valence-corrected chi connectivity index (χ1v) is 27.6. The number of para-hydroxylation sites is 1. The molecule has 0 saturated carbocycles. The van der Waals surface area contributed by atoms with E-state index in [4.69, 9.17) is 9.72 Å². The van der Waals surface area contributed by atoms with E-state index in [-0.39, 0.29) is 53.6 Å². The Labute approximate surface area is 481 Å². The third kappa shape index (κ3) is 11.1. The molecule has 78 heavy (non-hydrogen) atoms. The van der Waals surface area contributed by atoms with E-state index in [1.54, 1.807) is 0 Å². The number of anilines is 4. The second kappa shape index (κ2) is 20.0. The first kappa shape index (κ1) is 56.3. The van der Waals surface area contributed by atoms with Gasteiger partial charge in [-0.25, -0.2) is 4.98 Å². The fourth-order valence-corrected chi connectivity index (χ4v) is 10.4. The molecule has 5 nitrogen and oxygen atoms in total.